The molecule has 1 N–H and O–H groups in total. The lowest BCUT2D eigenvalue weighted by Crippen LogP contribution is -2.44. The fraction of sp³-hybridized carbons (Fsp3) is 1.00. The molecule has 2 nitrogen and oxygen atoms in total. The van der Waals surface area contributed by atoms with Crippen LogP contribution in [0, 0.1) is 5.92 Å². The maximum absolute atomic E-state index is 3.63. The van der Waals surface area contributed by atoms with Gasteiger partial charge in [0, 0.05) is 11.6 Å². The normalized spacial score (nSPS) is 22.3. The summed E-state index contributed by atoms with van der Waals surface area (Å²) in [6.07, 6.45) is 4.02. The third-order valence-corrected chi connectivity index (χ3v) is 3.78. The van der Waals surface area contributed by atoms with Crippen LogP contribution in [-0.2, 0) is 0 Å². The third-order valence-electron chi connectivity index (χ3n) is 3.78. The Hall–Kier alpha value is -0.0800. The Labute approximate surface area is 102 Å². The quantitative estimate of drug-likeness (QED) is 0.793. The Morgan fingerprint density at radius 1 is 1.25 bits per heavy atom. The second-order valence-electron chi connectivity index (χ2n) is 6.37. The SMILES string of the molecule is CCC(C)N1CCC(CNC(C)(C)C)CC1. The van der Waals surface area contributed by atoms with E-state index >= 15 is 0 Å². The van der Waals surface area contributed by atoms with Crippen LogP contribution in [0.5, 0.6) is 0 Å². The Morgan fingerprint density at radius 2 is 1.81 bits per heavy atom. The average molecular weight is 226 g/mol. The highest BCUT2D eigenvalue weighted by atomic mass is 15.2. The summed E-state index contributed by atoms with van der Waals surface area (Å²) in [5.41, 5.74) is 0.272. The molecule has 1 saturated heterocycles. The van der Waals surface area contributed by atoms with E-state index in [0.717, 1.165) is 12.0 Å². The molecule has 1 aliphatic heterocycles. The van der Waals surface area contributed by atoms with Crippen molar-refractivity contribution in [2.24, 2.45) is 5.92 Å². The van der Waals surface area contributed by atoms with E-state index in [1.54, 1.807) is 0 Å². The molecule has 0 aliphatic carbocycles. The first-order valence-electron chi connectivity index (χ1n) is 6.91. The molecule has 1 heterocycles. The molecular formula is C14H30N2. The maximum Gasteiger partial charge on any atom is 0.00966 e. The van der Waals surface area contributed by atoms with Gasteiger partial charge in [-0.3, -0.25) is 0 Å². The smallest absolute Gasteiger partial charge is 0.00966 e. The predicted octanol–water partition coefficient (Wildman–Crippen LogP) is 2.89. The largest absolute Gasteiger partial charge is 0.312 e. The Kier molecular flexibility index (Phi) is 5.26. The van der Waals surface area contributed by atoms with E-state index in [1.165, 1.54) is 38.9 Å². The van der Waals surface area contributed by atoms with Gasteiger partial charge in [0.05, 0.1) is 0 Å². The number of rotatable bonds is 4. The van der Waals surface area contributed by atoms with Crippen molar-refractivity contribution < 1.29 is 0 Å². The summed E-state index contributed by atoms with van der Waals surface area (Å²) in [5.74, 6) is 0.888. The van der Waals surface area contributed by atoms with Gasteiger partial charge >= 0.3 is 0 Å². The van der Waals surface area contributed by atoms with Gasteiger partial charge in [0.2, 0.25) is 0 Å². The lowest BCUT2D eigenvalue weighted by atomic mass is 9.94. The number of likely N-dealkylation sites (tertiary alicyclic amines) is 1. The third kappa shape index (κ3) is 4.84. The molecule has 1 fully saturated rings. The van der Waals surface area contributed by atoms with Crippen LogP contribution in [0.2, 0.25) is 0 Å². The van der Waals surface area contributed by atoms with Gasteiger partial charge in [-0.1, -0.05) is 6.92 Å². The highest BCUT2D eigenvalue weighted by Crippen LogP contribution is 2.19. The Morgan fingerprint density at radius 3 is 2.25 bits per heavy atom. The first-order chi connectivity index (χ1) is 7.42. The van der Waals surface area contributed by atoms with Gasteiger partial charge in [0.1, 0.15) is 0 Å². The van der Waals surface area contributed by atoms with Crippen molar-refractivity contribution in [3.8, 4) is 0 Å². The molecule has 0 saturated carbocycles. The predicted molar refractivity (Wildman–Crippen MR) is 71.8 cm³/mol. The van der Waals surface area contributed by atoms with Crippen molar-refractivity contribution in [1.29, 1.82) is 0 Å². The second kappa shape index (κ2) is 6.02. The molecular weight excluding hydrogens is 196 g/mol. The van der Waals surface area contributed by atoms with Gasteiger partial charge in [-0.2, -0.15) is 0 Å². The van der Waals surface area contributed by atoms with E-state index in [1.807, 2.05) is 0 Å². The van der Waals surface area contributed by atoms with Crippen molar-refractivity contribution >= 4 is 0 Å². The minimum atomic E-state index is 0.272. The minimum Gasteiger partial charge on any atom is -0.312 e. The molecule has 0 aromatic rings. The summed E-state index contributed by atoms with van der Waals surface area (Å²) < 4.78 is 0. The standard InChI is InChI=1S/C14H30N2/c1-6-12(2)16-9-7-13(8-10-16)11-15-14(3,4)5/h12-13,15H,6-11H2,1-5H3. The highest BCUT2D eigenvalue weighted by Gasteiger charge is 2.22. The zero-order chi connectivity index (χ0) is 12.2. The number of nitrogens with one attached hydrogen (secondary N) is 1. The summed E-state index contributed by atoms with van der Waals surface area (Å²) in [6, 6.07) is 0.775. The monoisotopic (exact) mass is 226 g/mol. The van der Waals surface area contributed by atoms with Gasteiger partial charge < -0.3 is 10.2 Å². The Bertz CT molecular complexity index is 187. The van der Waals surface area contributed by atoms with E-state index in [0.29, 0.717) is 0 Å². The molecule has 1 unspecified atom stereocenters. The van der Waals surface area contributed by atoms with Crippen LogP contribution in [0.4, 0.5) is 0 Å². The van der Waals surface area contributed by atoms with Crippen molar-refractivity contribution in [3.63, 3.8) is 0 Å². The first-order valence-corrected chi connectivity index (χ1v) is 6.91. The van der Waals surface area contributed by atoms with Crippen LogP contribution < -0.4 is 5.32 Å². The fourth-order valence-electron chi connectivity index (χ4n) is 2.31. The van der Waals surface area contributed by atoms with Crippen LogP contribution in [0.1, 0.15) is 53.9 Å². The van der Waals surface area contributed by atoms with Gasteiger partial charge in [-0.15, -0.1) is 0 Å². The van der Waals surface area contributed by atoms with E-state index < -0.39 is 0 Å². The van der Waals surface area contributed by atoms with E-state index in [4.69, 9.17) is 0 Å². The summed E-state index contributed by atoms with van der Waals surface area (Å²) in [6.45, 7) is 15.2. The van der Waals surface area contributed by atoms with Crippen molar-refractivity contribution in [3.05, 3.63) is 0 Å². The molecule has 2 heteroatoms. The highest BCUT2D eigenvalue weighted by molar-refractivity contribution is 4.79. The van der Waals surface area contributed by atoms with Crippen molar-refractivity contribution in [2.45, 2.75) is 65.5 Å². The van der Waals surface area contributed by atoms with Crippen molar-refractivity contribution in [2.75, 3.05) is 19.6 Å². The average Bonchev–Trinajstić information content (AvgIpc) is 2.25. The lowest BCUT2D eigenvalue weighted by Gasteiger charge is -2.36. The summed E-state index contributed by atoms with van der Waals surface area (Å²) >= 11 is 0. The molecule has 0 spiro atoms. The van der Waals surface area contributed by atoms with Crippen LogP contribution in [-0.4, -0.2) is 36.1 Å². The van der Waals surface area contributed by atoms with Crippen LogP contribution in [0.15, 0.2) is 0 Å². The Balaban J connectivity index is 2.22. The molecule has 96 valence electrons. The molecule has 1 aliphatic rings. The van der Waals surface area contributed by atoms with E-state index in [9.17, 15) is 0 Å². The topological polar surface area (TPSA) is 15.3 Å². The van der Waals surface area contributed by atoms with Gasteiger partial charge in [-0.05, 0) is 72.5 Å². The number of hydrogen-bond donors (Lipinski definition) is 1. The molecule has 0 amide bonds. The van der Waals surface area contributed by atoms with E-state index in [2.05, 4.69) is 44.8 Å². The molecule has 1 atom stereocenters. The fourth-order valence-corrected chi connectivity index (χ4v) is 2.31. The van der Waals surface area contributed by atoms with Crippen molar-refractivity contribution in [1.82, 2.24) is 10.2 Å². The lowest BCUT2D eigenvalue weighted by molar-refractivity contribution is 0.134. The first kappa shape index (κ1) is 14.0. The van der Waals surface area contributed by atoms with Gasteiger partial charge in [0.25, 0.3) is 0 Å². The van der Waals surface area contributed by atoms with Crippen LogP contribution in [0.25, 0.3) is 0 Å². The second-order valence-corrected chi connectivity index (χ2v) is 6.37. The molecule has 0 aromatic carbocycles. The zero-order valence-corrected chi connectivity index (χ0v) is 11.8. The summed E-state index contributed by atoms with van der Waals surface area (Å²) in [4.78, 5) is 2.65. The number of hydrogen-bond acceptors (Lipinski definition) is 2. The summed E-state index contributed by atoms with van der Waals surface area (Å²) in [7, 11) is 0. The number of nitrogens with zero attached hydrogens (tertiary/aromatic N) is 1. The molecule has 16 heavy (non-hydrogen) atoms. The van der Waals surface area contributed by atoms with Crippen LogP contribution >= 0.6 is 0 Å². The maximum atomic E-state index is 3.63. The zero-order valence-electron chi connectivity index (χ0n) is 11.8. The van der Waals surface area contributed by atoms with Crippen LogP contribution in [0.3, 0.4) is 0 Å². The molecule has 0 aromatic heterocycles. The van der Waals surface area contributed by atoms with Gasteiger partial charge in [-0.25, -0.2) is 0 Å². The minimum absolute atomic E-state index is 0.272. The van der Waals surface area contributed by atoms with Gasteiger partial charge in [0.15, 0.2) is 0 Å². The molecule has 0 radical (unpaired) electrons. The molecule has 1 rings (SSSR count). The number of piperidine rings is 1. The van der Waals surface area contributed by atoms with E-state index in [-0.39, 0.29) is 5.54 Å². The summed E-state index contributed by atoms with van der Waals surface area (Å²) in [5, 5.41) is 3.63. The molecule has 0 bridgehead atoms.